The molecule has 1 N–H and O–H groups in total. The van der Waals surface area contributed by atoms with Gasteiger partial charge in [0.15, 0.2) is 5.16 Å². The van der Waals surface area contributed by atoms with E-state index in [1.807, 2.05) is 4.57 Å². The van der Waals surface area contributed by atoms with Crippen molar-refractivity contribution in [3.05, 3.63) is 5.82 Å². The van der Waals surface area contributed by atoms with Gasteiger partial charge in [-0.3, -0.25) is 4.79 Å². The first kappa shape index (κ1) is 16.3. The lowest BCUT2D eigenvalue weighted by molar-refractivity contribution is -0.133. The van der Waals surface area contributed by atoms with E-state index in [0.29, 0.717) is 11.3 Å². The summed E-state index contributed by atoms with van der Waals surface area (Å²) < 4.78 is 7.78. The molecule has 2 rings (SSSR count). The molecule has 0 aliphatic carbocycles. The molecular weight excluding hydrogens is 290 g/mol. The fourth-order valence-corrected chi connectivity index (χ4v) is 3.35. The topological polar surface area (TPSA) is 77.2 Å². The highest BCUT2D eigenvalue weighted by Crippen LogP contribution is 2.23. The summed E-state index contributed by atoms with van der Waals surface area (Å²) in [6.45, 7) is 4.99. The van der Waals surface area contributed by atoms with Crippen molar-refractivity contribution in [3.8, 4) is 0 Å². The molecule has 1 aromatic heterocycles. The van der Waals surface area contributed by atoms with Gasteiger partial charge in [-0.25, -0.2) is 0 Å². The van der Waals surface area contributed by atoms with Crippen LogP contribution in [0.15, 0.2) is 5.16 Å². The van der Waals surface area contributed by atoms with Gasteiger partial charge in [0.05, 0.1) is 11.9 Å². The van der Waals surface area contributed by atoms with Gasteiger partial charge in [-0.05, 0) is 39.5 Å². The molecule has 118 valence electrons. The van der Waals surface area contributed by atoms with Gasteiger partial charge in [0.2, 0.25) is 0 Å². The lowest BCUT2D eigenvalue weighted by Gasteiger charge is -2.22. The van der Waals surface area contributed by atoms with Crippen LogP contribution < -0.4 is 0 Å². The van der Waals surface area contributed by atoms with Crippen molar-refractivity contribution >= 4 is 17.7 Å². The zero-order valence-corrected chi connectivity index (χ0v) is 13.4. The number of hydrogen-bond acceptors (Lipinski definition) is 5. The lowest BCUT2D eigenvalue weighted by atomic mass is 10.0. The average molecular weight is 313 g/mol. The highest BCUT2D eigenvalue weighted by atomic mass is 32.2. The Bertz CT molecular complexity index is 470. The number of aliphatic carboxylic acids is 1. The minimum absolute atomic E-state index is 0.0105. The Morgan fingerprint density at radius 3 is 2.90 bits per heavy atom. The van der Waals surface area contributed by atoms with Gasteiger partial charge in [-0.15, -0.1) is 10.2 Å². The smallest absolute Gasteiger partial charge is 0.313 e. The van der Waals surface area contributed by atoms with E-state index in [2.05, 4.69) is 24.0 Å². The number of rotatable bonds is 7. The summed E-state index contributed by atoms with van der Waals surface area (Å²) in [7, 11) is 0. The van der Waals surface area contributed by atoms with Gasteiger partial charge < -0.3 is 14.4 Å². The second kappa shape index (κ2) is 7.79. The zero-order chi connectivity index (χ0) is 15.2. The molecule has 1 aromatic rings. The van der Waals surface area contributed by atoms with Crippen molar-refractivity contribution in [2.45, 2.75) is 63.3 Å². The number of aryl methyl sites for hydroxylation is 1. The molecule has 0 bridgehead atoms. The molecule has 1 aliphatic heterocycles. The van der Waals surface area contributed by atoms with E-state index in [1.54, 1.807) is 0 Å². The Kier molecular flexibility index (Phi) is 6.05. The number of nitrogens with zero attached hydrogens (tertiary/aromatic N) is 3. The summed E-state index contributed by atoms with van der Waals surface area (Å²) in [5.41, 5.74) is 0. The molecule has 0 radical (unpaired) electrons. The van der Waals surface area contributed by atoms with E-state index < -0.39 is 5.97 Å². The fourth-order valence-electron chi connectivity index (χ4n) is 2.55. The summed E-state index contributed by atoms with van der Waals surface area (Å²) in [5.74, 6) is 0.0962. The fraction of sp³-hybridized carbons (Fsp3) is 0.786. The summed E-state index contributed by atoms with van der Waals surface area (Å²) in [6.07, 6.45) is 5.62. The second-order valence-electron chi connectivity index (χ2n) is 5.57. The minimum atomic E-state index is -0.838. The molecule has 0 amide bonds. The predicted octanol–water partition coefficient (Wildman–Crippen LogP) is 2.54. The number of thioether (sulfide) groups is 1. The molecule has 21 heavy (non-hydrogen) atoms. The lowest BCUT2D eigenvalue weighted by Crippen LogP contribution is -2.20. The van der Waals surface area contributed by atoms with Gasteiger partial charge in [0, 0.05) is 19.1 Å². The first-order valence-corrected chi connectivity index (χ1v) is 8.46. The van der Waals surface area contributed by atoms with Crippen molar-refractivity contribution in [3.63, 3.8) is 0 Å². The van der Waals surface area contributed by atoms with Gasteiger partial charge in [-0.1, -0.05) is 11.8 Å². The standard InChI is InChI=1S/C14H23N3O3S/c1-10(2)17-12(7-6-11-5-3-4-8-20-11)15-16-14(17)21-9-13(18)19/h10-11H,3-9H2,1-2H3,(H,18,19). The maximum absolute atomic E-state index is 10.7. The van der Waals surface area contributed by atoms with E-state index in [-0.39, 0.29) is 11.8 Å². The number of hydrogen-bond donors (Lipinski definition) is 1. The molecule has 2 heterocycles. The molecule has 1 aliphatic rings. The summed E-state index contributed by atoms with van der Waals surface area (Å²) >= 11 is 1.22. The number of carboxylic acid groups (broad SMARTS) is 1. The Morgan fingerprint density at radius 2 is 2.29 bits per heavy atom. The maximum Gasteiger partial charge on any atom is 0.313 e. The second-order valence-corrected chi connectivity index (χ2v) is 6.51. The molecule has 0 spiro atoms. The summed E-state index contributed by atoms with van der Waals surface area (Å²) in [4.78, 5) is 10.7. The van der Waals surface area contributed by atoms with Crippen LogP contribution in [0, 0.1) is 0 Å². The van der Waals surface area contributed by atoms with Gasteiger partial charge in [0.1, 0.15) is 5.82 Å². The largest absolute Gasteiger partial charge is 0.481 e. The highest BCUT2D eigenvalue weighted by Gasteiger charge is 2.19. The summed E-state index contributed by atoms with van der Waals surface area (Å²) in [6, 6.07) is 0.221. The molecule has 1 atom stereocenters. The number of carboxylic acids is 1. The van der Waals surface area contributed by atoms with Crippen LogP contribution in [0.5, 0.6) is 0 Å². The highest BCUT2D eigenvalue weighted by molar-refractivity contribution is 7.99. The molecule has 7 heteroatoms. The normalized spacial score (nSPS) is 19.1. The maximum atomic E-state index is 10.7. The van der Waals surface area contributed by atoms with E-state index >= 15 is 0 Å². The molecule has 0 aromatic carbocycles. The number of carbonyl (C=O) groups is 1. The average Bonchev–Trinajstić information content (AvgIpc) is 2.87. The van der Waals surface area contributed by atoms with E-state index in [4.69, 9.17) is 9.84 Å². The third-order valence-corrected chi connectivity index (χ3v) is 4.47. The first-order chi connectivity index (χ1) is 10.1. The Hall–Kier alpha value is -1.08. The Morgan fingerprint density at radius 1 is 1.48 bits per heavy atom. The summed E-state index contributed by atoms with van der Waals surface area (Å²) in [5, 5.41) is 17.9. The quantitative estimate of drug-likeness (QED) is 0.780. The Labute approximate surface area is 129 Å². The van der Waals surface area contributed by atoms with Crippen LogP contribution in [0.2, 0.25) is 0 Å². The van der Waals surface area contributed by atoms with Gasteiger partial charge in [-0.2, -0.15) is 0 Å². The van der Waals surface area contributed by atoms with E-state index in [9.17, 15) is 4.79 Å². The molecule has 1 saturated heterocycles. The zero-order valence-electron chi connectivity index (χ0n) is 12.6. The van der Waals surface area contributed by atoms with Crippen LogP contribution in [0.4, 0.5) is 0 Å². The van der Waals surface area contributed by atoms with Crippen LogP contribution in [0.25, 0.3) is 0 Å². The number of ether oxygens (including phenoxy) is 1. The number of aromatic nitrogens is 3. The van der Waals surface area contributed by atoms with Crippen molar-refractivity contribution in [1.29, 1.82) is 0 Å². The van der Waals surface area contributed by atoms with Gasteiger partial charge >= 0.3 is 5.97 Å². The molecular formula is C14H23N3O3S. The van der Waals surface area contributed by atoms with Crippen molar-refractivity contribution < 1.29 is 14.6 Å². The van der Waals surface area contributed by atoms with E-state index in [1.165, 1.54) is 18.2 Å². The van der Waals surface area contributed by atoms with Crippen LogP contribution in [0.3, 0.4) is 0 Å². The Balaban J connectivity index is 1.99. The van der Waals surface area contributed by atoms with Gasteiger partial charge in [0.25, 0.3) is 0 Å². The van der Waals surface area contributed by atoms with Crippen LogP contribution in [0.1, 0.15) is 51.4 Å². The third kappa shape index (κ3) is 4.71. The van der Waals surface area contributed by atoms with Crippen LogP contribution in [-0.2, 0) is 16.0 Å². The molecule has 0 saturated carbocycles. The minimum Gasteiger partial charge on any atom is -0.481 e. The first-order valence-electron chi connectivity index (χ1n) is 7.48. The van der Waals surface area contributed by atoms with Crippen LogP contribution >= 0.6 is 11.8 Å². The monoisotopic (exact) mass is 313 g/mol. The van der Waals surface area contributed by atoms with Crippen LogP contribution in [-0.4, -0.2) is 44.3 Å². The molecule has 1 fully saturated rings. The van der Waals surface area contributed by atoms with E-state index in [0.717, 1.165) is 38.1 Å². The molecule has 6 nitrogen and oxygen atoms in total. The predicted molar refractivity (Wildman–Crippen MR) is 80.7 cm³/mol. The SMILES string of the molecule is CC(C)n1c(CCC2CCCCO2)nnc1SCC(=O)O. The van der Waals surface area contributed by atoms with Crippen molar-refractivity contribution in [1.82, 2.24) is 14.8 Å². The van der Waals surface area contributed by atoms with Crippen molar-refractivity contribution in [2.75, 3.05) is 12.4 Å². The molecule has 1 unspecified atom stereocenters. The van der Waals surface area contributed by atoms with Crippen molar-refractivity contribution in [2.24, 2.45) is 0 Å². The third-order valence-electron chi connectivity index (χ3n) is 3.54.